The van der Waals surface area contributed by atoms with Crippen molar-refractivity contribution in [1.29, 1.82) is 0 Å². The predicted octanol–water partition coefficient (Wildman–Crippen LogP) is 3.35. The highest BCUT2D eigenvalue weighted by Crippen LogP contribution is 2.30. The first-order valence-electron chi connectivity index (χ1n) is 10.0. The Morgan fingerprint density at radius 3 is 2.84 bits per heavy atom. The molecule has 1 aliphatic rings. The SMILES string of the molecule is COc1ccc(NC(=O)[C@@H]2CC(=O)N(CCc3c[nH]c4ccc(F)cc34)C2)c(OC)c1. The second kappa shape index (κ2) is 8.67. The molecule has 1 saturated heterocycles. The van der Waals surface area contributed by atoms with E-state index in [9.17, 15) is 14.0 Å². The van der Waals surface area contributed by atoms with Crippen LogP contribution in [0, 0.1) is 11.7 Å². The first-order valence-corrected chi connectivity index (χ1v) is 10.0. The minimum absolute atomic E-state index is 0.0622. The van der Waals surface area contributed by atoms with Crippen LogP contribution in [0.1, 0.15) is 12.0 Å². The molecule has 0 unspecified atom stereocenters. The normalized spacial score (nSPS) is 16.0. The number of aromatic nitrogens is 1. The number of methoxy groups -OCH3 is 2. The number of carbonyl (C=O) groups is 2. The van der Waals surface area contributed by atoms with Crippen LogP contribution in [0.2, 0.25) is 0 Å². The van der Waals surface area contributed by atoms with Gasteiger partial charge in [-0.1, -0.05) is 0 Å². The molecule has 0 radical (unpaired) electrons. The van der Waals surface area contributed by atoms with Crippen LogP contribution >= 0.6 is 0 Å². The molecular formula is C23H24FN3O4. The van der Waals surface area contributed by atoms with Crippen LogP contribution in [-0.4, -0.2) is 49.0 Å². The fourth-order valence-corrected chi connectivity index (χ4v) is 3.91. The molecule has 1 atom stereocenters. The molecule has 0 spiro atoms. The van der Waals surface area contributed by atoms with E-state index in [1.54, 1.807) is 36.3 Å². The lowest BCUT2D eigenvalue weighted by Crippen LogP contribution is -2.30. The fraction of sp³-hybridized carbons (Fsp3) is 0.304. The molecule has 3 aromatic rings. The number of hydrogen-bond acceptors (Lipinski definition) is 4. The molecule has 1 aromatic heterocycles. The topological polar surface area (TPSA) is 83.7 Å². The average molecular weight is 425 g/mol. The van der Waals surface area contributed by atoms with Crippen LogP contribution in [0.15, 0.2) is 42.6 Å². The van der Waals surface area contributed by atoms with Crippen molar-refractivity contribution >= 4 is 28.4 Å². The van der Waals surface area contributed by atoms with Gasteiger partial charge in [-0.25, -0.2) is 4.39 Å². The molecule has 1 aliphatic heterocycles. The van der Waals surface area contributed by atoms with Gasteiger partial charge < -0.3 is 24.7 Å². The number of amides is 2. The maximum atomic E-state index is 13.6. The monoisotopic (exact) mass is 425 g/mol. The third-order valence-electron chi connectivity index (χ3n) is 5.63. The summed E-state index contributed by atoms with van der Waals surface area (Å²) >= 11 is 0. The molecule has 4 rings (SSSR count). The number of anilines is 1. The van der Waals surface area contributed by atoms with Gasteiger partial charge in [0.1, 0.15) is 17.3 Å². The van der Waals surface area contributed by atoms with E-state index in [4.69, 9.17) is 9.47 Å². The Kier molecular flexibility index (Phi) is 5.79. The summed E-state index contributed by atoms with van der Waals surface area (Å²) in [5, 5.41) is 3.66. The zero-order valence-electron chi connectivity index (χ0n) is 17.4. The Balaban J connectivity index is 1.38. The minimum atomic E-state index is -0.445. The van der Waals surface area contributed by atoms with Crippen molar-refractivity contribution in [3.63, 3.8) is 0 Å². The Morgan fingerprint density at radius 2 is 2.06 bits per heavy atom. The van der Waals surface area contributed by atoms with Crippen molar-refractivity contribution in [2.45, 2.75) is 12.8 Å². The maximum Gasteiger partial charge on any atom is 0.229 e. The van der Waals surface area contributed by atoms with Crippen LogP contribution in [-0.2, 0) is 16.0 Å². The quantitative estimate of drug-likeness (QED) is 0.608. The van der Waals surface area contributed by atoms with E-state index in [1.807, 2.05) is 6.20 Å². The number of ether oxygens (including phenoxy) is 2. The van der Waals surface area contributed by atoms with Crippen molar-refractivity contribution < 1.29 is 23.5 Å². The van der Waals surface area contributed by atoms with Gasteiger partial charge >= 0.3 is 0 Å². The van der Waals surface area contributed by atoms with E-state index < -0.39 is 5.92 Å². The Hall–Kier alpha value is -3.55. The van der Waals surface area contributed by atoms with Crippen molar-refractivity contribution in [2.24, 2.45) is 5.92 Å². The van der Waals surface area contributed by atoms with Crippen molar-refractivity contribution in [2.75, 3.05) is 32.6 Å². The second-order valence-electron chi connectivity index (χ2n) is 7.55. The number of likely N-dealkylation sites (tertiary alicyclic amines) is 1. The summed E-state index contributed by atoms with van der Waals surface area (Å²) in [7, 11) is 3.07. The number of nitrogens with one attached hydrogen (secondary N) is 2. The molecule has 2 aromatic carbocycles. The number of halogens is 1. The number of carbonyl (C=O) groups excluding carboxylic acids is 2. The summed E-state index contributed by atoms with van der Waals surface area (Å²) in [4.78, 5) is 30.0. The summed E-state index contributed by atoms with van der Waals surface area (Å²) < 4.78 is 24.1. The molecule has 162 valence electrons. The Morgan fingerprint density at radius 1 is 1.23 bits per heavy atom. The molecule has 0 saturated carbocycles. The Bertz CT molecular complexity index is 1130. The van der Waals surface area contributed by atoms with Gasteiger partial charge in [-0.2, -0.15) is 0 Å². The van der Waals surface area contributed by atoms with Gasteiger partial charge in [-0.05, 0) is 42.3 Å². The highest BCUT2D eigenvalue weighted by Gasteiger charge is 2.34. The molecule has 7 nitrogen and oxygen atoms in total. The Labute approximate surface area is 179 Å². The zero-order valence-corrected chi connectivity index (χ0v) is 17.4. The number of benzene rings is 2. The lowest BCUT2D eigenvalue weighted by atomic mass is 10.1. The largest absolute Gasteiger partial charge is 0.497 e. The van der Waals surface area contributed by atoms with E-state index in [2.05, 4.69) is 10.3 Å². The smallest absolute Gasteiger partial charge is 0.229 e. The summed E-state index contributed by atoms with van der Waals surface area (Å²) in [5.41, 5.74) is 2.33. The van der Waals surface area contributed by atoms with E-state index in [0.29, 0.717) is 36.7 Å². The number of hydrogen-bond donors (Lipinski definition) is 2. The summed E-state index contributed by atoms with van der Waals surface area (Å²) in [6.07, 6.45) is 2.58. The number of fused-ring (bicyclic) bond motifs is 1. The van der Waals surface area contributed by atoms with Gasteiger partial charge in [0.15, 0.2) is 0 Å². The third-order valence-corrected chi connectivity index (χ3v) is 5.63. The fourth-order valence-electron chi connectivity index (χ4n) is 3.91. The minimum Gasteiger partial charge on any atom is -0.497 e. The van der Waals surface area contributed by atoms with Crippen molar-refractivity contribution in [1.82, 2.24) is 9.88 Å². The number of H-pyrrole nitrogens is 1. The van der Waals surface area contributed by atoms with E-state index >= 15 is 0 Å². The first kappa shape index (κ1) is 20.7. The van der Waals surface area contributed by atoms with Gasteiger partial charge in [0, 0.05) is 42.7 Å². The van der Waals surface area contributed by atoms with Gasteiger partial charge in [0.25, 0.3) is 0 Å². The van der Waals surface area contributed by atoms with Crippen LogP contribution in [0.3, 0.4) is 0 Å². The summed E-state index contributed by atoms with van der Waals surface area (Å²) in [6, 6.07) is 9.72. The lowest BCUT2D eigenvalue weighted by molar-refractivity contribution is -0.128. The zero-order chi connectivity index (χ0) is 22.0. The van der Waals surface area contributed by atoms with Crippen LogP contribution in [0.4, 0.5) is 10.1 Å². The summed E-state index contributed by atoms with van der Waals surface area (Å²) in [5.74, 6) is 0.0760. The van der Waals surface area contributed by atoms with Crippen molar-refractivity contribution in [3.8, 4) is 11.5 Å². The second-order valence-corrected chi connectivity index (χ2v) is 7.55. The number of nitrogens with zero attached hydrogens (tertiary/aromatic N) is 1. The molecule has 1 fully saturated rings. The van der Waals surface area contributed by atoms with Gasteiger partial charge in [0.05, 0.1) is 25.8 Å². The van der Waals surface area contributed by atoms with Gasteiger partial charge in [-0.15, -0.1) is 0 Å². The number of rotatable bonds is 7. The highest BCUT2D eigenvalue weighted by atomic mass is 19.1. The van der Waals surface area contributed by atoms with Gasteiger partial charge in [0.2, 0.25) is 11.8 Å². The van der Waals surface area contributed by atoms with Crippen LogP contribution in [0.25, 0.3) is 10.9 Å². The molecular weight excluding hydrogens is 401 g/mol. The molecule has 0 bridgehead atoms. The maximum absolute atomic E-state index is 13.6. The molecule has 2 heterocycles. The first-order chi connectivity index (χ1) is 15.0. The van der Waals surface area contributed by atoms with Crippen molar-refractivity contribution in [3.05, 3.63) is 54.0 Å². The predicted molar refractivity (Wildman–Crippen MR) is 115 cm³/mol. The lowest BCUT2D eigenvalue weighted by Gasteiger charge is -2.17. The van der Waals surface area contributed by atoms with Crippen LogP contribution < -0.4 is 14.8 Å². The summed E-state index contributed by atoms with van der Waals surface area (Å²) in [6.45, 7) is 0.817. The molecule has 0 aliphatic carbocycles. The molecule has 2 N–H and O–H groups in total. The van der Waals surface area contributed by atoms with E-state index in [1.165, 1.54) is 19.2 Å². The molecule has 31 heavy (non-hydrogen) atoms. The highest BCUT2D eigenvalue weighted by molar-refractivity contribution is 5.98. The standard InChI is InChI=1S/C23H24FN3O4/c1-30-17-4-6-20(21(11-17)31-2)26-23(29)15-9-22(28)27(13-15)8-7-14-12-25-19-5-3-16(24)10-18(14)19/h3-6,10-12,15,25H,7-9,13H2,1-2H3,(H,26,29)/t15-/m1/s1. The van der Waals surface area contributed by atoms with Crippen LogP contribution in [0.5, 0.6) is 11.5 Å². The number of aromatic amines is 1. The third kappa shape index (κ3) is 4.33. The van der Waals surface area contributed by atoms with E-state index in [-0.39, 0.29) is 24.1 Å². The average Bonchev–Trinajstić information content (AvgIpc) is 3.35. The van der Waals surface area contributed by atoms with E-state index in [0.717, 1.165) is 16.5 Å². The molecule has 2 amide bonds. The van der Waals surface area contributed by atoms with Gasteiger partial charge in [-0.3, -0.25) is 9.59 Å². The molecule has 8 heteroatoms.